The lowest BCUT2D eigenvalue weighted by Crippen LogP contribution is -2.29. The fourth-order valence-electron chi connectivity index (χ4n) is 2.59. The van der Waals surface area contributed by atoms with Crippen LogP contribution in [-0.2, 0) is 10.0 Å². The molecule has 0 aliphatic heterocycles. The van der Waals surface area contributed by atoms with Gasteiger partial charge in [0.05, 0.1) is 0 Å². The van der Waals surface area contributed by atoms with Crippen LogP contribution in [-0.4, -0.2) is 31.1 Å². The van der Waals surface area contributed by atoms with E-state index in [1.165, 1.54) is 0 Å². The Morgan fingerprint density at radius 2 is 1.96 bits per heavy atom. The lowest BCUT2D eigenvalue weighted by Gasteiger charge is -2.14. The zero-order chi connectivity index (χ0) is 19.9. The summed E-state index contributed by atoms with van der Waals surface area (Å²) in [5.74, 6) is -0.0420. The molecule has 27 heavy (non-hydrogen) atoms. The minimum Gasteiger partial charge on any atom is -0.296 e. The summed E-state index contributed by atoms with van der Waals surface area (Å²) in [6.45, 7) is 6.38. The van der Waals surface area contributed by atoms with E-state index in [1.54, 1.807) is 12.1 Å². The van der Waals surface area contributed by atoms with Crippen LogP contribution in [0.4, 0.5) is 5.13 Å². The molecular formula is C18H26N4O3S2. The third kappa shape index (κ3) is 6.08. The van der Waals surface area contributed by atoms with Crippen LogP contribution in [0.25, 0.3) is 0 Å². The Kier molecular flexibility index (Phi) is 7.88. The van der Waals surface area contributed by atoms with Crippen LogP contribution in [0.1, 0.15) is 55.5 Å². The Bertz CT molecular complexity index is 865. The number of hydrogen-bond acceptors (Lipinski definition) is 6. The van der Waals surface area contributed by atoms with Gasteiger partial charge in [-0.3, -0.25) is 10.1 Å². The first kappa shape index (κ1) is 21.5. The Morgan fingerprint density at radius 3 is 2.63 bits per heavy atom. The fourth-order valence-corrected chi connectivity index (χ4v) is 4.65. The van der Waals surface area contributed by atoms with E-state index < -0.39 is 10.0 Å². The van der Waals surface area contributed by atoms with Crippen molar-refractivity contribution in [3.8, 4) is 0 Å². The van der Waals surface area contributed by atoms with Crippen molar-refractivity contribution in [2.24, 2.45) is 5.92 Å². The van der Waals surface area contributed by atoms with Crippen molar-refractivity contribution in [1.82, 2.24) is 14.9 Å². The molecule has 1 aromatic carbocycles. The molecule has 2 aromatic rings. The number of benzene rings is 1. The van der Waals surface area contributed by atoms with Gasteiger partial charge in [-0.25, -0.2) is 13.1 Å². The molecule has 1 atom stereocenters. The summed E-state index contributed by atoms with van der Waals surface area (Å²) in [7, 11) is -3.73. The van der Waals surface area contributed by atoms with Crippen LogP contribution >= 0.6 is 11.3 Å². The summed E-state index contributed by atoms with van der Waals surface area (Å²) in [5.41, 5.74) is 1.34. The number of nitrogens with one attached hydrogen (secondary N) is 2. The lowest BCUT2D eigenvalue weighted by molar-refractivity contribution is 0.102. The Hall–Kier alpha value is -1.84. The van der Waals surface area contributed by atoms with Gasteiger partial charge < -0.3 is 0 Å². The van der Waals surface area contributed by atoms with Gasteiger partial charge >= 0.3 is 0 Å². The molecule has 2 N–H and O–H groups in total. The quantitative estimate of drug-likeness (QED) is 0.583. The third-order valence-electron chi connectivity index (χ3n) is 4.35. The van der Waals surface area contributed by atoms with Crippen LogP contribution < -0.4 is 10.0 Å². The predicted octanol–water partition coefficient (Wildman–Crippen LogP) is 3.59. The molecule has 0 spiro atoms. The van der Waals surface area contributed by atoms with Crippen LogP contribution in [0.15, 0.2) is 28.6 Å². The second-order valence-electron chi connectivity index (χ2n) is 6.41. The molecule has 0 unspecified atom stereocenters. The molecule has 0 fully saturated rings. The second-order valence-corrected chi connectivity index (χ2v) is 9.33. The van der Waals surface area contributed by atoms with E-state index in [1.807, 2.05) is 19.1 Å². The van der Waals surface area contributed by atoms with Gasteiger partial charge in [-0.2, -0.15) is 0 Å². The Morgan fingerprint density at radius 1 is 1.22 bits per heavy atom. The normalized spacial score (nSPS) is 12.7. The highest BCUT2D eigenvalue weighted by atomic mass is 32.2. The number of sulfonamides is 1. The molecule has 1 aromatic heterocycles. The minimum absolute atomic E-state index is 0.145. The maximum atomic E-state index is 12.4. The van der Waals surface area contributed by atoms with Crippen molar-refractivity contribution < 1.29 is 13.2 Å². The van der Waals surface area contributed by atoms with Gasteiger partial charge in [-0.05, 0) is 30.9 Å². The van der Waals surface area contributed by atoms with Gasteiger partial charge in [0.25, 0.3) is 15.9 Å². The number of nitrogens with zero attached hydrogens (tertiary/aromatic N) is 2. The molecule has 0 aliphatic rings. The highest BCUT2D eigenvalue weighted by Crippen LogP contribution is 2.21. The molecule has 2 rings (SSSR count). The number of rotatable bonds is 10. The standard InChI is InChI=1S/C18H26N4O3S2/c1-4-6-10-14(5-2)12-19-27(24,25)18-22-21-17(26-18)20-16(23)15-11-8-7-9-13(15)3/h7-9,11,14,19H,4-6,10,12H2,1-3H3,(H,20,21,23)/t14-/m0/s1. The molecule has 148 valence electrons. The lowest BCUT2D eigenvalue weighted by atomic mass is 10.00. The number of anilines is 1. The summed E-state index contributed by atoms with van der Waals surface area (Å²) >= 11 is 0.841. The summed E-state index contributed by atoms with van der Waals surface area (Å²) in [4.78, 5) is 12.3. The number of amides is 1. The van der Waals surface area contributed by atoms with Crippen molar-refractivity contribution in [2.75, 3.05) is 11.9 Å². The predicted molar refractivity (Wildman–Crippen MR) is 108 cm³/mol. The SMILES string of the molecule is CCCC[C@H](CC)CNS(=O)(=O)c1nnc(NC(=O)c2ccccc2C)s1. The van der Waals surface area contributed by atoms with Crippen molar-refractivity contribution >= 4 is 32.4 Å². The molecule has 0 saturated carbocycles. The van der Waals surface area contributed by atoms with Gasteiger partial charge in [0, 0.05) is 12.1 Å². The van der Waals surface area contributed by atoms with Crippen LogP contribution in [0, 0.1) is 12.8 Å². The van der Waals surface area contributed by atoms with E-state index >= 15 is 0 Å². The summed E-state index contributed by atoms with van der Waals surface area (Å²) in [6, 6.07) is 7.14. The van der Waals surface area contributed by atoms with E-state index in [4.69, 9.17) is 0 Å². The molecule has 1 amide bonds. The van der Waals surface area contributed by atoms with Gasteiger partial charge in [-0.15, -0.1) is 10.2 Å². The third-order valence-corrected chi connectivity index (χ3v) is 6.98. The monoisotopic (exact) mass is 410 g/mol. The van der Waals surface area contributed by atoms with E-state index in [0.29, 0.717) is 18.0 Å². The Labute approximate surface area is 164 Å². The fraction of sp³-hybridized carbons (Fsp3) is 0.500. The van der Waals surface area contributed by atoms with E-state index in [9.17, 15) is 13.2 Å². The van der Waals surface area contributed by atoms with Crippen molar-refractivity contribution in [3.63, 3.8) is 0 Å². The van der Waals surface area contributed by atoms with Gasteiger partial charge in [0.1, 0.15) is 0 Å². The maximum absolute atomic E-state index is 12.4. The smallest absolute Gasteiger partial charge is 0.269 e. The number of aromatic nitrogens is 2. The molecule has 1 heterocycles. The van der Waals surface area contributed by atoms with Gasteiger partial charge in [0.15, 0.2) is 0 Å². The highest BCUT2D eigenvalue weighted by Gasteiger charge is 2.22. The molecule has 0 bridgehead atoms. The van der Waals surface area contributed by atoms with Crippen molar-refractivity contribution in [1.29, 1.82) is 0 Å². The first-order valence-corrected chi connectivity index (χ1v) is 11.4. The first-order valence-electron chi connectivity index (χ1n) is 9.07. The topological polar surface area (TPSA) is 101 Å². The van der Waals surface area contributed by atoms with Crippen LogP contribution in [0.5, 0.6) is 0 Å². The molecule has 7 nitrogen and oxygen atoms in total. The first-order chi connectivity index (χ1) is 12.9. The Balaban J connectivity index is 2.01. The van der Waals surface area contributed by atoms with Crippen molar-refractivity contribution in [2.45, 2.75) is 50.8 Å². The molecule has 0 saturated heterocycles. The van der Waals surface area contributed by atoms with Crippen LogP contribution in [0.3, 0.4) is 0 Å². The average molecular weight is 411 g/mol. The summed E-state index contributed by atoms with van der Waals surface area (Å²) < 4.78 is 27.3. The maximum Gasteiger partial charge on any atom is 0.269 e. The number of unbranched alkanes of at least 4 members (excludes halogenated alkanes) is 1. The van der Waals surface area contributed by atoms with Gasteiger partial charge in [0.2, 0.25) is 9.47 Å². The van der Waals surface area contributed by atoms with E-state index in [-0.39, 0.29) is 15.4 Å². The number of hydrogen-bond donors (Lipinski definition) is 2. The minimum atomic E-state index is -3.73. The van der Waals surface area contributed by atoms with E-state index in [2.05, 4.69) is 34.1 Å². The molecule has 9 heteroatoms. The largest absolute Gasteiger partial charge is 0.296 e. The summed E-state index contributed by atoms with van der Waals surface area (Å²) in [6.07, 6.45) is 4.07. The van der Waals surface area contributed by atoms with Gasteiger partial charge in [-0.1, -0.05) is 62.6 Å². The second kappa shape index (κ2) is 9.91. The number of aryl methyl sites for hydroxylation is 1. The van der Waals surface area contributed by atoms with Crippen LogP contribution in [0.2, 0.25) is 0 Å². The zero-order valence-electron chi connectivity index (χ0n) is 15.9. The van der Waals surface area contributed by atoms with Crippen molar-refractivity contribution in [3.05, 3.63) is 35.4 Å². The zero-order valence-corrected chi connectivity index (χ0v) is 17.5. The average Bonchev–Trinajstić information content (AvgIpc) is 3.11. The molecule has 0 aliphatic carbocycles. The highest BCUT2D eigenvalue weighted by molar-refractivity contribution is 7.91. The number of carbonyl (C=O) groups is 1. The molecule has 0 radical (unpaired) electrons. The van der Waals surface area contributed by atoms with E-state index in [0.717, 1.165) is 42.6 Å². The summed E-state index contributed by atoms with van der Waals surface area (Å²) in [5, 5.41) is 10.3. The number of carbonyl (C=O) groups excluding carboxylic acids is 1. The molecular weight excluding hydrogens is 384 g/mol.